The highest BCUT2D eigenvalue weighted by molar-refractivity contribution is 7.26. The van der Waals surface area contributed by atoms with Gasteiger partial charge in [0.2, 0.25) is 11.9 Å². The van der Waals surface area contributed by atoms with Gasteiger partial charge in [0.25, 0.3) is 0 Å². The summed E-state index contributed by atoms with van der Waals surface area (Å²) in [5.74, 6) is 1.27. The minimum atomic E-state index is 0.633. The summed E-state index contributed by atoms with van der Waals surface area (Å²) in [6, 6.07) is 157. The van der Waals surface area contributed by atoms with E-state index in [4.69, 9.17) is 24.4 Å². The molecule has 0 aliphatic carbocycles. The molecular formula is C120H72N8OS. The first-order chi connectivity index (χ1) is 64.4. The smallest absolute Gasteiger partial charge is 0.235 e. The largest absolute Gasteiger partial charge is 0.456 e. The molecule has 28 rings (SSSR count). The van der Waals surface area contributed by atoms with E-state index in [1.165, 1.54) is 91.1 Å². The first kappa shape index (κ1) is 73.2. The Hall–Kier alpha value is -17.2. The molecule has 0 bridgehead atoms. The molecule has 0 spiro atoms. The molecule has 8 heterocycles. The molecule has 130 heavy (non-hydrogen) atoms. The minimum Gasteiger partial charge on any atom is -0.456 e. The Labute approximate surface area is 748 Å². The Morgan fingerprint density at radius 2 is 0.500 bits per heavy atom. The van der Waals surface area contributed by atoms with Crippen molar-refractivity contribution in [3.05, 3.63) is 437 Å². The molecule has 8 aromatic heterocycles. The van der Waals surface area contributed by atoms with E-state index in [0.717, 1.165) is 160 Å². The van der Waals surface area contributed by atoms with E-state index in [1.54, 1.807) is 0 Å². The summed E-state index contributed by atoms with van der Waals surface area (Å²) < 4.78 is 18.2. The normalized spacial score (nSPS) is 12.0. The fourth-order valence-corrected chi connectivity index (χ4v) is 22.0. The van der Waals surface area contributed by atoms with Gasteiger partial charge in [-0.3, -0.25) is 9.13 Å². The van der Waals surface area contributed by atoms with Crippen LogP contribution in [0.25, 0.3) is 263 Å². The number of furan rings is 1. The Morgan fingerprint density at radius 3 is 0.931 bits per heavy atom. The molecular weight excluding hydrogens is 1600 g/mol. The Bertz CT molecular complexity index is 9400. The number of hydrogen-bond acceptors (Lipinski definition) is 6. The summed E-state index contributed by atoms with van der Waals surface area (Å²) in [5, 5.41) is 23.7. The average Bonchev–Trinajstić information content (AvgIpc) is 1.60. The Morgan fingerprint density at radius 1 is 0.192 bits per heavy atom. The maximum absolute atomic E-state index is 6.21. The number of nitrogens with zero attached hydrogens (tertiary/aromatic N) is 8. The number of aromatic nitrogens is 8. The highest BCUT2D eigenvalue weighted by Gasteiger charge is 2.26. The van der Waals surface area contributed by atoms with Gasteiger partial charge in [-0.1, -0.05) is 315 Å². The van der Waals surface area contributed by atoms with Crippen molar-refractivity contribution in [3.8, 4) is 90.6 Å². The van der Waals surface area contributed by atoms with Crippen LogP contribution in [0, 0.1) is 0 Å². The fourth-order valence-electron chi connectivity index (χ4n) is 20.8. The standard InChI is InChI=1S/C60H36N4O.C60H36N4S/c1-3-17-42-37(13-1)15-11-22-44(42)52-36-53(45-23-12-16-38-14-2-4-18-43(38)45)62-60(61-52)64-55-25-9-6-20-47(55)50-34-40(28-31-57(50)64)39-27-30-56-49(33-39)46-19-5-8-24-54(46)63(56)41-29-32-59-51(35-41)48-21-7-10-26-58(48)65-59;1-3-18-41-37(14-1)16-11-23-43(41)51-36-52(44-24-12-17-38-15-2-4-19-42(38)44)62-60(61-51)64-54-27-9-6-21-46(54)50-35-40(31-33-56(50)64)39-30-32-55-49(34-39)45-20-5-8-26-53(45)63(55)57-28-13-25-48-47-22-7-10-29-58(47)65-59(48)57/h2*1-36H. The van der Waals surface area contributed by atoms with Gasteiger partial charge < -0.3 is 13.6 Å². The molecule has 0 amide bonds. The summed E-state index contributed by atoms with van der Waals surface area (Å²) in [4.78, 5) is 21.8. The summed E-state index contributed by atoms with van der Waals surface area (Å²) >= 11 is 1.87. The van der Waals surface area contributed by atoms with Crippen LogP contribution in [0.2, 0.25) is 0 Å². The van der Waals surface area contributed by atoms with Crippen molar-refractivity contribution in [2.75, 3.05) is 0 Å². The quantitative estimate of drug-likeness (QED) is 0.136. The number of thiophene rings is 1. The predicted octanol–water partition coefficient (Wildman–Crippen LogP) is 32.2. The maximum atomic E-state index is 6.21. The number of benzene rings is 20. The molecule has 0 atom stereocenters. The van der Waals surface area contributed by atoms with Crippen LogP contribution in [0.15, 0.2) is 441 Å². The average molecular weight is 1670 g/mol. The van der Waals surface area contributed by atoms with Gasteiger partial charge in [0.05, 0.1) is 77.3 Å². The zero-order valence-corrected chi connectivity index (χ0v) is 70.8. The molecule has 20 aromatic carbocycles. The van der Waals surface area contributed by atoms with Crippen LogP contribution in [0.5, 0.6) is 0 Å². The SMILES string of the molecule is c1ccc2c(-c3cc(-c4cccc5ccccc45)nc(-n4c5ccccc5c5cc(-c6ccc7c(c6)c6ccccc6n7-c6ccc7oc8ccccc8c7c6)ccc54)n3)cccc2c1.c1ccc2c(-c3cc(-c4cccc5ccccc45)nc(-n4c5ccccc5c5cc(-c6ccc7c(c6)c6ccccc6n7-c6cccc7c6sc6ccccc67)ccc54)n3)cccc2c1. The summed E-state index contributed by atoms with van der Waals surface area (Å²) in [5.41, 5.74) is 25.5. The molecule has 10 heteroatoms. The van der Waals surface area contributed by atoms with E-state index in [0.29, 0.717) is 11.9 Å². The van der Waals surface area contributed by atoms with E-state index in [2.05, 4.69) is 443 Å². The van der Waals surface area contributed by atoms with Crippen LogP contribution in [-0.4, -0.2) is 38.2 Å². The van der Waals surface area contributed by atoms with Gasteiger partial charge >= 0.3 is 0 Å². The molecule has 28 aromatic rings. The third-order valence-corrected chi connectivity index (χ3v) is 27.9. The number of hydrogen-bond donors (Lipinski definition) is 0. The second kappa shape index (κ2) is 29.2. The third-order valence-electron chi connectivity index (χ3n) is 26.7. The van der Waals surface area contributed by atoms with Gasteiger partial charge in [-0.25, -0.2) is 19.9 Å². The molecule has 0 saturated heterocycles. The lowest BCUT2D eigenvalue weighted by Gasteiger charge is -2.14. The molecule has 0 saturated carbocycles. The Kier molecular flexibility index (Phi) is 16.4. The molecule has 0 fully saturated rings. The first-order valence-corrected chi connectivity index (χ1v) is 44.9. The van der Waals surface area contributed by atoms with E-state index < -0.39 is 0 Å². The summed E-state index contributed by atoms with van der Waals surface area (Å²) in [6.45, 7) is 0. The second-order valence-electron chi connectivity index (χ2n) is 33.9. The van der Waals surface area contributed by atoms with Crippen molar-refractivity contribution in [3.63, 3.8) is 0 Å². The number of para-hydroxylation sites is 5. The van der Waals surface area contributed by atoms with Crippen molar-refractivity contribution in [2.24, 2.45) is 0 Å². The lowest BCUT2D eigenvalue weighted by Crippen LogP contribution is -2.04. The summed E-state index contributed by atoms with van der Waals surface area (Å²) in [7, 11) is 0. The second-order valence-corrected chi connectivity index (χ2v) is 34.9. The zero-order valence-electron chi connectivity index (χ0n) is 70.0. The molecule has 604 valence electrons. The molecule has 0 aliphatic heterocycles. The van der Waals surface area contributed by atoms with Crippen LogP contribution >= 0.6 is 11.3 Å². The van der Waals surface area contributed by atoms with E-state index >= 15 is 0 Å². The van der Waals surface area contributed by atoms with Gasteiger partial charge in [0.1, 0.15) is 11.2 Å². The molecule has 0 N–H and O–H groups in total. The van der Waals surface area contributed by atoms with Crippen LogP contribution in [0.4, 0.5) is 0 Å². The van der Waals surface area contributed by atoms with Crippen molar-refractivity contribution in [1.82, 2.24) is 38.2 Å². The maximum Gasteiger partial charge on any atom is 0.235 e. The van der Waals surface area contributed by atoms with Crippen LogP contribution in [-0.2, 0) is 0 Å². The molecule has 0 aliphatic rings. The monoisotopic (exact) mass is 1670 g/mol. The van der Waals surface area contributed by atoms with Gasteiger partial charge in [-0.2, -0.15) is 0 Å². The van der Waals surface area contributed by atoms with E-state index in [-0.39, 0.29) is 0 Å². The van der Waals surface area contributed by atoms with Crippen molar-refractivity contribution in [2.45, 2.75) is 0 Å². The van der Waals surface area contributed by atoms with Gasteiger partial charge in [-0.05, 0) is 187 Å². The highest BCUT2D eigenvalue weighted by atomic mass is 32.1. The lowest BCUT2D eigenvalue weighted by atomic mass is 9.99. The summed E-state index contributed by atoms with van der Waals surface area (Å²) in [6.07, 6.45) is 0. The van der Waals surface area contributed by atoms with E-state index in [9.17, 15) is 0 Å². The lowest BCUT2D eigenvalue weighted by molar-refractivity contribution is 0.669. The molecule has 9 nitrogen and oxygen atoms in total. The first-order valence-electron chi connectivity index (χ1n) is 44.1. The van der Waals surface area contributed by atoms with Crippen molar-refractivity contribution in [1.29, 1.82) is 0 Å². The molecule has 0 radical (unpaired) electrons. The molecule has 0 unspecified atom stereocenters. The van der Waals surface area contributed by atoms with Gasteiger partial charge in [-0.15, -0.1) is 11.3 Å². The minimum absolute atomic E-state index is 0.633. The van der Waals surface area contributed by atoms with Crippen LogP contribution in [0.1, 0.15) is 0 Å². The third kappa shape index (κ3) is 11.6. The van der Waals surface area contributed by atoms with Crippen molar-refractivity contribution >= 4 is 184 Å². The van der Waals surface area contributed by atoms with Crippen LogP contribution in [0.3, 0.4) is 0 Å². The Balaban J connectivity index is 0.000000134. The van der Waals surface area contributed by atoms with E-state index in [1.807, 2.05) is 23.5 Å². The topological polar surface area (TPSA) is 84.4 Å². The van der Waals surface area contributed by atoms with Gasteiger partial charge in [0, 0.05) is 97.3 Å². The number of rotatable bonds is 10. The number of fused-ring (bicyclic) bond motifs is 22. The predicted molar refractivity (Wildman–Crippen MR) is 544 cm³/mol. The van der Waals surface area contributed by atoms with Crippen LogP contribution < -0.4 is 0 Å². The fraction of sp³-hybridized carbons (Fsp3) is 0. The highest BCUT2D eigenvalue weighted by Crippen LogP contribution is 2.47. The zero-order chi connectivity index (χ0) is 85.2. The van der Waals surface area contributed by atoms with Gasteiger partial charge in [0.15, 0.2) is 0 Å². The van der Waals surface area contributed by atoms with Crippen molar-refractivity contribution < 1.29 is 4.42 Å².